The van der Waals surface area contributed by atoms with E-state index in [0.29, 0.717) is 19.3 Å². The molecule has 0 aromatic heterocycles. The average molecular weight is 1060 g/mol. The van der Waals surface area contributed by atoms with Crippen molar-refractivity contribution >= 4 is 17.9 Å². The van der Waals surface area contributed by atoms with Gasteiger partial charge in [-0.05, 0) is 122 Å². The first-order chi connectivity index (χ1) is 38.0. The molecule has 1 atom stereocenters. The number of hydrogen-bond acceptors (Lipinski definition) is 6. The maximum Gasteiger partial charge on any atom is 0.310 e. The zero-order chi connectivity index (χ0) is 55.7. The Kier molecular flexibility index (Phi) is 58.6. The molecule has 0 fully saturated rings. The molecule has 0 bridgehead atoms. The molecule has 0 aliphatic rings. The first-order valence-corrected chi connectivity index (χ1v) is 30.3. The molecule has 0 aliphatic heterocycles. The van der Waals surface area contributed by atoms with Gasteiger partial charge in [0.2, 0.25) is 0 Å². The summed E-state index contributed by atoms with van der Waals surface area (Å²) in [5, 5.41) is 0. The van der Waals surface area contributed by atoms with Crippen LogP contribution in [0.25, 0.3) is 0 Å². The zero-order valence-electron chi connectivity index (χ0n) is 48.9. The fraction of sp³-hybridized carbons (Fsp3) is 0.535. The minimum Gasteiger partial charge on any atom is -0.462 e. The lowest BCUT2D eigenvalue weighted by Crippen LogP contribution is -2.30. The normalized spacial score (nSPS) is 13.4. The maximum atomic E-state index is 12.8. The van der Waals surface area contributed by atoms with Crippen LogP contribution in [0, 0.1) is 0 Å². The average Bonchev–Trinajstić information content (AvgIpc) is 3.43. The first-order valence-electron chi connectivity index (χ1n) is 30.3. The van der Waals surface area contributed by atoms with Gasteiger partial charge in [0.15, 0.2) is 6.10 Å². The molecule has 0 saturated carbocycles. The van der Waals surface area contributed by atoms with E-state index in [9.17, 15) is 14.4 Å². The van der Waals surface area contributed by atoms with E-state index in [4.69, 9.17) is 14.2 Å². The van der Waals surface area contributed by atoms with Crippen molar-refractivity contribution in [3.63, 3.8) is 0 Å². The lowest BCUT2D eigenvalue weighted by atomic mass is 10.1. The molecule has 0 heterocycles. The van der Waals surface area contributed by atoms with E-state index in [0.717, 1.165) is 122 Å². The van der Waals surface area contributed by atoms with Crippen LogP contribution in [0.3, 0.4) is 0 Å². The first kappa shape index (κ1) is 71.5. The molecule has 0 radical (unpaired) electrons. The second-order valence-corrected chi connectivity index (χ2v) is 19.2. The van der Waals surface area contributed by atoms with Crippen molar-refractivity contribution in [2.24, 2.45) is 0 Å². The number of unbranched alkanes of at least 4 members (excludes halogenated alkanes) is 12. The molecule has 0 aromatic rings. The summed E-state index contributed by atoms with van der Waals surface area (Å²) in [6.45, 7) is 6.26. The fourth-order valence-electron chi connectivity index (χ4n) is 7.49. The summed E-state index contributed by atoms with van der Waals surface area (Å²) in [7, 11) is 0. The van der Waals surface area contributed by atoms with E-state index in [2.05, 4.69) is 191 Å². The van der Waals surface area contributed by atoms with Gasteiger partial charge >= 0.3 is 17.9 Å². The van der Waals surface area contributed by atoms with Crippen LogP contribution in [0.1, 0.15) is 226 Å². The maximum absolute atomic E-state index is 12.8. The number of rotatable bonds is 52. The van der Waals surface area contributed by atoms with E-state index < -0.39 is 12.1 Å². The molecule has 428 valence electrons. The van der Waals surface area contributed by atoms with Crippen LogP contribution in [-0.2, 0) is 28.6 Å². The third-order valence-electron chi connectivity index (χ3n) is 11.9. The molecular weight excluding hydrogens is 949 g/mol. The highest BCUT2D eigenvalue weighted by molar-refractivity contribution is 5.72. The summed E-state index contributed by atoms with van der Waals surface area (Å²) in [4.78, 5) is 38.0. The lowest BCUT2D eigenvalue weighted by molar-refractivity contribution is -0.166. The number of allylic oxidation sites excluding steroid dienone is 29. The van der Waals surface area contributed by atoms with Gasteiger partial charge in [0.25, 0.3) is 0 Å². The summed E-state index contributed by atoms with van der Waals surface area (Å²) in [5.41, 5.74) is 0. The summed E-state index contributed by atoms with van der Waals surface area (Å²) >= 11 is 0. The van der Waals surface area contributed by atoms with Gasteiger partial charge in [-0.2, -0.15) is 0 Å². The largest absolute Gasteiger partial charge is 0.462 e. The number of ether oxygens (including phenoxy) is 3. The predicted octanol–water partition coefficient (Wildman–Crippen LogP) is 20.9. The van der Waals surface area contributed by atoms with Crippen molar-refractivity contribution in [3.8, 4) is 0 Å². The Morgan fingerprint density at radius 1 is 0.286 bits per heavy atom. The van der Waals surface area contributed by atoms with Crippen molar-refractivity contribution in [2.75, 3.05) is 13.2 Å². The van der Waals surface area contributed by atoms with Gasteiger partial charge in [0.05, 0.1) is 6.42 Å². The second kappa shape index (κ2) is 63.0. The summed E-state index contributed by atoms with van der Waals surface area (Å²) < 4.78 is 16.7. The molecule has 6 heteroatoms. The third-order valence-corrected chi connectivity index (χ3v) is 11.9. The molecule has 0 rings (SSSR count). The molecule has 1 unspecified atom stereocenters. The monoisotopic (exact) mass is 1060 g/mol. The van der Waals surface area contributed by atoms with Crippen LogP contribution in [0.4, 0.5) is 0 Å². The number of carbonyl (C=O) groups is 3. The van der Waals surface area contributed by atoms with Crippen molar-refractivity contribution in [1.29, 1.82) is 0 Å². The molecule has 0 saturated heterocycles. The van der Waals surface area contributed by atoms with Gasteiger partial charge in [-0.25, -0.2) is 0 Å². The minimum atomic E-state index is -0.858. The number of hydrogen-bond donors (Lipinski definition) is 0. The molecule has 0 spiro atoms. The summed E-state index contributed by atoms with van der Waals surface area (Å²) in [6, 6.07) is 0. The zero-order valence-corrected chi connectivity index (χ0v) is 48.9. The Bertz CT molecular complexity index is 1840. The molecular formula is C71H108O6. The molecule has 0 N–H and O–H groups in total. The topological polar surface area (TPSA) is 78.9 Å². The standard InChI is InChI=1S/C71H108O6/c1-4-7-10-13-16-19-22-24-26-27-28-29-30-31-32-33-34-35-36-37-38-39-40-41-42-43-45-46-49-52-55-58-61-64-70(73)76-67-68(66-75-69(72)63-60-57-54-51-48-21-18-15-12-9-6-3)77-71(74)65-62-59-56-53-50-47-44-25-23-20-17-14-11-8-5-2/h7-8,10-11,16-17,19-20,24-26,28-29,31-32,34-35,37-38,40-41,43-45,49-50,52-53,59,62,68H,4-6,9,12-15,18,21-23,27,30,33,36,39,42,46-48,51,54-58,60-61,63-67H2,1-3H3/b10-7-,11-8-,19-16-,20-17-,26-24-,29-28-,32-31-,35-34-,38-37-,41-40-,44-25-,45-43-,52-49-,53-50-,62-59-. The van der Waals surface area contributed by atoms with Gasteiger partial charge in [0, 0.05) is 12.8 Å². The second-order valence-electron chi connectivity index (χ2n) is 19.2. The lowest BCUT2D eigenvalue weighted by Gasteiger charge is -2.18. The quantitative estimate of drug-likeness (QED) is 0.0261. The minimum absolute atomic E-state index is 0.0795. The van der Waals surface area contributed by atoms with Crippen molar-refractivity contribution in [1.82, 2.24) is 0 Å². The van der Waals surface area contributed by atoms with Crippen LogP contribution < -0.4 is 0 Å². The van der Waals surface area contributed by atoms with Crippen LogP contribution in [0.15, 0.2) is 182 Å². The van der Waals surface area contributed by atoms with Crippen LogP contribution in [-0.4, -0.2) is 37.2 Å². The number of esters is 3. The molecule has 0 amide bonds. The van der Waals surface area contributed by atoms with E-state index in [-0.39, 0.29) is 38.0 Å². The highest BCUT2D eigenvalue weighted by Crippen LogP contribution is 2.13. The Morgan fingerprint density at radius 2 is 0.545 bits per heavy atom. The fourth-order valence-corrected chi connectivity index (χ4v) is 7.49. The van der Waals surface area contributed by atoms with Gasteiger partial charge in [0.1, 0.15) is 13.2 Å². The van der Waals surface area contributed by atoms with E-state index >= 15 is 0 Å². The van der Waals surface area contributed by atoms with E-state index in [1.165, 1.54) is 51.4 Å². The molecule has 0 aliphatic carbocycles. The number of carbonyl (C=O) groups excluding carboxylic acids is 3. The summed E-state index contributed by atoms with van der Waals surface area (Å²) in [6.07, 6.45) is 95.0. The van der Waals surface area contributed by atoms with Crippen molar-refractivity contribution in [3.05, 3.63) is 182 Å². The van der Waals surface area contributed by atoms with Crippen molar-refractivity contribution in [2.45, 2.75) is 232 Å². The highest BCUT2D eigenvalue weighted by atomic mass is 16.6. The van der Waals surface area contributed by atoms with E-state index in [1.807, 2.05) is 6.08 Å². The summed E-state index contributed by atoms with van der Waals surface area (Å²) in [5.74, 6) is -1.13. The Balaban J connectivity index is 4.43. The molecule has 0 aromatic carbocycles. The molecule has 77 heavy (non-hydrogen) atoms. The van der Waals surface area contributed by atoms with E-state index in [1.54, 1.807) is 6.08 Å². The van der Waals surface area contributed by atoms with Gasteiger partial charge < -0.3 is 14.2 Å². The van der Waals surface area contributed by atoms with Crippen LogP contribution >= 0.6 is 0 Å². The Labute approximate surface area is 472 Å². The van der Waals surface area contributed by atoms with Gasteiger partial charge in [-0.3, -0.25) is 14.4 Å². The van der Waals surface area contributed by atoms with Crippen molar-refractivity contribution < 1.29 is 28.6 Å². The highest BCUT2D eigenvalue weighted by Gasteiger charge is 2.19. The smallest absolute Gasteiger partial charge is 0.310 e. The van der Waals surface area contributed by atoms with Crippen LogP contribution in [0.2, 0.25) is 0 Å². The van der Waals surface area contributed by atoms with Crippen LogP contribution in [0.5, 0.6) is 0 Å². The third kappa shape index (κ3) is 61.2. The van der Waals surface area contributed by atoms with Gasteiger partial charge in [-0.1, -0.05) is 267 Å². The Hall–Kier alpha value is -5.49. The van der Waals surface area contributed by atoms with Gasteiger partial charge in [-0.15, -0.1) is 0 Å². The SMILES string of the molecule is CC/C=C\C/C=C\C/C=C\C/C=C\C/C=C\C/C=C\C/C=C\C/C=C\C/C=C\C/C=C\CCCCC(=O)OCC(COC(=O)CCCCCCCCCCCCC)OC(=O)C/C=C\C/C=C\C/C=C\C/C=C\C/C=C\CC. The predicted molar refractivity (Wildman–Crippen MR) is 334 cm³/mol. The molecule has 6 nitrogen and oxygen atoms in total. The Morgan fingerprint density at radius 3 is 0.857 bits per heavy atom.